The Morgan fingerprint density at radius 2 is 1.50 bits per heavy atom. The van der Waals surface area contributed by atoms with Crippen LogP contribution in [0.2, 0.25) is 0 Å². The van der Waals surface area contributed by atoms with Gasteiger partial charge in [-0.25, -0.2) is 9.78 Å². The van der Waals surface area contributed by atoms with Crippen LogP contribution in [0.4, 0.5) is 5.82 Å². The fourth-order valence-electron chi connectivity index (χ4n) is 3.28. The second-order valence-electron chi connectivity index (χ2n) is 9.34. The molecule has 0 aliphatic carbocycles. The number of anilines is 1. The second-order valence-corrected chi connectivity index (χ2v) is 10.4. The first-order valence-electron chi connectivity index (χ1n) is 12.3. The molecule has 0 amide bonds. The summed E-state index contributed by atoms with van der Waals surface area (Å²) < 4.78 is 0. The zero-order valence-electron chi connectivity index (χ0n) is 22.0. The lowest BCUT2D eigenvalue weighted by atomic mass is 10.0. The minimum atomic E-state index is -0.853. The summed E-state index contributed by atoms with van der Waals surface area (Å²) in [6.07, 6.45) is 17.6. The van der Waals surface area contributed by atoms with Gasteiger partial charge in [0.1, 0.15) is 11.9 Å². The smallest absolute Gasteiger partial charge is 0.327 e. The quantitative estimate of drug-likeness (QED) is 0.183. The summed E-state index contributed by atoms with van der Waals surface area (Å²) in [5.41, 5.74) is 6.74. The van der Waals surface area contributed by atoms with E-state index in [-0.39, 0.29) is 0 Å². The second kappa shape index (κ2) is 17.2. The minimum absolute atomic E-state index is 0.495. The van der Waals surface area contributed by atoms with Crippen LogP contribution in [-0.4, -0.2) is 33.6 Å². The van der Waals surface area contributed by atoms with Crippen LogP contribution < -0.4 is 5.32 Å². The maximum absolute atomic E-state index is 11.6. The SMILES string of the molecule is CC(C)=CCC/C(C)=C/CC/C(C)=C/CC/C(C)=C/CSCC(Nc1ccc(C)cn1)C(=O)O. The van der Waals surface area contributed by atoms with Gasteiger partial charge in [0.2, 0.25) is 0 Å². The molecular weight excluding hydrogens is 440 g/mol. The number of allylic oxidation sites excluding steroid dienone is 7. The monoisotopic (exact) mass is 484 g/mol. The normalized spacial score (nSPS) is 13.5. The van der Waals surface area contributed by atoms with Gasteiger partial charge in [-0.1, -0.05) is 52.7 Å². The summed E-state index contributed by atoms with van der Waals surface area (Å²) in [5, 5.41) is 12.5. The van der Waals surface area contributed by atoms with Gasteiger partial charge < -0.3 is 10.4 Å². The molecule has 0 aliphatic heterocycles. The molecule has 1 aromatic rings. The Morgan fingerprint density at radius 1 is 0.941 bits per heavy atom. The summed E-state index contributed by atoms with van der Waals surface area (Å²) in [7, 11) is 0. The number of aliphatic carboxylic acids is 1. The minimum Gasteiger partial charge on any atom is -0.480 e. The molecule has 2 N–H and O–H groups in total. The third kappa shape index (κ3) is 14.8. The van der Waals surface area contributed by atoms with Crippen molar-refractivity contribution < 1.29 is 9.90 Å². The molecule has 1 heterocycles. The average molecular weight is 485 g/mol. The molecular formula is C29H44N2O2S. The molecule has 0 saturated heterocycles. The molecule has 0 radical (unpaired) electrons. The van der Waals surface area contributed by atoms with E-state index in [1.165, 1.54) is 22.3 Å². The Bertz CT molecular complexity index is 863. The van der Waals surface area contributed by atoms with Crippen molar-refractivity contribution in [1.82, 2.24) is 4.98 Å². The fraction of sp³-hybridized carbons (Fsp3) is 0.517. The molecule has 5 heteroatoms. The van der Waals surface area contributed by atoms with Crippen molar-refractivity contribution in [1.29, 1.82) is 0 Å². The summed E-state index contributed by atoms with van der Waals surface area (Å²) in [4.78, 5) is 15.8. The Labute approximate surface area is 211 Å². The first kappa shape index (κ1) is 29.8. The van der Waals surface area contributed by atoms with Crippen LogP contribution in [0.25, 0.3) is 0 Å². The van der Waals surface area contributed by atoms with Gasteiger partial charge in [-0.05, 0) is 91.7 Å². The maximum Gasteiger partial charge on any atom is 0.327 e. The highest BCUT2D eigenvalue weighted by Crippen LogP contribution is 2.15. The summed E-state index contributed by atoms with van der Waals surface area (Å²) in [6, 6.07) is 3.09. The van der Waals surface area contributed by atoms with E-state index in [2.05, 4.69) is 69.2 Å². The highest BCUT2D eigenvalue weighted by molar-refractivity contribution is 7.99. The van der Waals surface area contributed by atoms with Gasteiger partial charge in [-0.15, -0.1) is 0 Å². The van der Waals surface area contributed by atoms with Crippen molar-refractivity contribution >= 4 is 23.5 Å². The van der Waals surface area contributed by atoms with Crippen LogP contribution in [-0.2, 0) is 4.79 Å². The van der Waals surface area contributed by atoms with Crippen LogP contribution in [0.5, 0.6) is 0 Å². The van der Waals surface area contributed by atoms with E-state index in [4.69, 9.17) is 0 Å². The molecule has 0 bridgehead atoms. The van der Waals surface area contributed by atoms with Crippen LogP contribution in [0.15, 0.2) is 64.9 Å². The number of hydrogen-bond acceptors (Lipinski definition) is 4. The van der Waals surface area contributed by atoms with Crippen LogP contribution in [0.3, 0.4) is 0 Å². The van der Waals surface area contributed by atoms with Gasteiger partial charge in [-0.3, -0.25) is 0 Å². The van der Waals surface area contributed by atoms with E-state index >= 15 is 0 Å². The molecule has 1 aromatic heterocycles. The Hall–Kier alpha value is -2.27. The van der Waals surface area contributed by atoms with E-state index in [0.717, 1.165) is 49.8 Å². The van der Waals surface area contributed by atoms with Gasteiger partial charge in [-0.2, -0.15) is 11.8 Å². The van der Waals surface area contributed by atoms with Crippen LogP contribution in [0.1, 0.15) is 78.7 Å². The number of nitrogens with zero attached hydrogens (tertiary/aromatic N) is 1. The Kier molecular flexibility index (Phi) is 15.1. The molecule has 1 unspecified atom stereocenters. The van der Waals surface area contributed by atoms with Crippen molar-refractivity contribution in [2.75, 3.05) is 16.8 Å². The lowest BCUT2D eigenvalue weighted by Gasteiger charge is -2.14. The number of aryl methyl sites for hydroxylation is 1. The molecule has 0 fully saturated rings. The van der Waals surface area contributed by atoms with Crippen molar-refractivity contribution in [3.63, 3.8) is 0 Å². The van der Waals surface area contributed by atoms with Crippen molar-refractivity contribution in [3.8, 4) is 0 Å². The number of pyridine rings is 1. The van der Waals surface area contributed by atoms with E-state index < -0.39 is 12.0 Å². The number of rotatable bonds is 16. The highest BCUT2D eigenvalue weighted by atomic mass is 32.2. The van der Waals surface area contributed by atoms with Crippen molar-refractivity contribution in [2.24, 2.45) is 0 Å². The standard InChI is InChI=1S/C29H44N2O2S/c1-22(2)10-7-11-23(3)12-8-13-24(4)14-9-15-25(5)18-19-34-21-27(29(32)33)31-28-17-16-26(6)20-30-28/h10,12,14,16-18,20,27H,7-9,11,13,15,19,21H2,1-6H3,(H,30,31)(H,32,33)/b23-12+,24-14+,25-18+. The molecule has 0 aromatic carbocycles. The fourth-order valence-corrected chi connectivity index (χ4v) is 4.28. The number of hydrogen-bond donors (Lipinski definition) is 2. The van der Waals surface area contributed by atoms with Gasteiger partial charge in [0.05, 0.1) is 0 Å². The number of nitrogens with one attached hydrogen (secondary N) is 1. The Balaban J connectivity index is 2.30. The third-order valence-electron chi connectivity index (χ3n) is 5.52. The van der Waals surface area contributed by atoms with Gasteiger partial charge in [0, 0.05) is 17.7 Å². The average Bonchev–Trinajstić information content (AvgIpc) is 2.76. The third-order valence-corrected chi connectivity index (χ3v) is 6.49. The number of aromatic nitrogens is 1. The van der Waals surface area contributed by atoms with E-state index in [1.54, 1.807) is 18.0 Å². The van der Waals surface area contributed by atoms with Crippen molar-refractivity contribution in [2.45, 2.75) is 86.1 Å². The molecule has 34 heavy (non-hydrogen) atoms. The first-order valence-corrected chi connectivity index (χ1v) is 13.4. The molecule has 0 spiro atoms. The van der Waals surface area contributed by atoms with Gasteiger partial charge in [0.15, 0.2) is 0 Å². The predicted octanol–water partition coefficient (Wildman–Crippen LogP) is 8.13. The zero-order valence-corrected chi connectivity index (χ0v) is 22.8. The molecule has 1 atom stereocenters. The number of carboxylic acids is 1. The van der Waals surface area contributed by atoms with Gasteiger partial charge >= 0.3 is 5.97 Å². The molecule has 188 valence electrons. The lowest BCUT2D eigenvalue weighted by molar-refractivity contribution is -0.137. The summed E-state index contributed by atoms with van der Waals surface area (Å²) in [5.74, 6) is 1.06. The largest absolute Gasteiger partial charge is 0.480 e. The highest BCUT2D eigenvalue weighted by Gasteiger charge is 2.17. The number of carbonyl (C=O) groups is 1. The predicted molar refractivity (Wildman–Crippen MR) is 150 cm³/mol. The molecule has 1 rings (SSSR count). The lowest BCUT2D eigenvalue weighted by Crippen LogP contribution is -2.32. The molecule has 0 saturated carbocycles. The van der Waals surface area contributed by atoms with Crippen molar-refractivity contribution in [3.05, 3.63) is 70.5 Å². The zero-order chi connectivity index (χ0) is 25.3. The first-order chi connectivity index (χ1) is 16.2. The maximum atomic E-state index is 11.6. The molecule has 4 nitrogen and oxygen atoms in total. The molecule has 0 aliphatic rings. The van der Waals surface area contributed by atoms with E-state index in [9.17, 15) is 9.90 Å². The number of thioether (sulfide) groups is 1. The van der Waals surface area contributed by atoms with E-state index in [1.807, 2.05) is 19.1 Å². The van der Waals surface area contributed by atoms with E-state index in [0.29, 0.717) is 11.6 Å². The summed E-state index contributed by atoms with van der Waals surface area (Å²) >= 11 is 1.63. The number of carboxylic acid groups (broad SMARTS) is 1. The van der Waals surface area contributed by atoms with Crippen LogP contribution in [0, 0.1) is 6.92 Å². The van der Waals surface area contributed by atoms with Gasteiger partial charge in [0.25, 0.3) is 0 Å². The van der Waals surface area contributed by atoms with Crippen LogP contribution >= 0.6 is 11.8 Å². The Morgan fingerprint density at radius 3 is 2.00 bits per heavy atom. The summed E-state index contributed by atoms with van der Waals surface area (Å²) in [6.45, 7) is 12.9. The topological polar surface area (TPSA) is 62.2 Å².